The number of azide groups is 2. The number of rotatable bonds is 5. The molecule has 0 aromatic rings. The van der Waals surface area contributed by atoms with Crippen LogP contribution in [0.3, 0.4) is 0 Å². The van der Waals surface area contributed by atoms with Gasteiger partial charge in [-0.1, -0.05) is 10.2 Å². The molecular weight excluding hydrogens is 274 g/mol. The summed E-state index contributed by atoms with van der Waals surface area (Å²) < 4.78 is 9.93. The molecule has 0 saturated carbocycles. The molecule has 4 N–H and O–H groups in total. The van der Waals surface area contributed by atoms with Crippen LogP contribution in [0.1, 0.15) is 0 Å². The molecule has 0 bridgehead atoms. The molecule has 1 saturated heterocycles. The SMILES string of the molecule is [N-]=[N+]=NCC(=O)OC1O[C@H](CN=[N+]=[N-])[C@@H](O)[C@H](O)[C@H]1N. The zero-order chi connectivity index (χ0) is 15.1. The number of carbonyl (C=O) groups is 1. The van der Waals surface area contributed by atoms with E-state index in [-0.39, 0.29) is 6.54 Å². The van der Waals surface area contributed by atoms with Gasteiger partial charge in [0.25, 0.3) is 0 Å². The Labute approximate surface area is 112 Å². The maximum absolute atomic E-state index is 11.3. The van der Waals surface area contributed by atoms with E-state index in [9.17, 15) is 15.0 Å². The van der Waals surface area contributed by atoms with Crippen molar-refractivity contribution in [3.63, 3.8) is 0 Å². The Bertz CT molecular complexity index is 446. The van der Waals surface area contributed by atoms with Crippen LogP contribution in [0.2, 0.25) is 0 Å². The van der Waals surface area contributed by atoms with Crippen LogP contribution in [0.4, 0.5) is 0 Å². The smallest absolute Gasteiger partial charge is 0.314 e. The molecule has 12 heteroatoms. The van der Waals surface area contributed by atoms with Gasteiger partial charge in [0.05, 0.1) is 18.7 Å². The van der Waals surface area contributed by atoms with Crippen LogP contribution in [-0.2, 0) is 14.3 Å². The predicted octanol–water partition coefficient (Wildman–Crippen LogP) is -1.08. The molecule has 0 aliphatic carbocycles. The molecule has 20 heavy (non-hydrogen) atoms. The Morgan fingerprint density at radius 1 is 1.30 bits per heavy atom. The van der Waals surface area contributed by atoms with E-state index < -0.39 is 43.2 Å². The lowest BCUT2D eigenvalue weighted by Gasteiger charge is -2.40. The predicted molar refractivity (Wildman–Crippen MR) is 62.8 cm³/mol. The number of hydrogen-bond donors (Lipinski definition) is 3. The average molecular weight is 287 g/mol. The van der Waals surface area contributed by atoms with Crippen molar-refractivity contribution in [2.24, 2.45) is 16.0 Å². The fourth-order valence-electron chi connectivity index (χ4n) is 1.58. The highest BCUT2D eigenvalue weighted by Crippen LogP contribution is 2.21. The Hall–Kier alpha value is -2.07. The van der Waals surface area contributed by atoms with Crippen molar-refractivity contribution in [1.82, 2.24) is 0 Å². The van der Waals surface area contributed by atoms with Crippen molar-refractivity contribution < 1.29 is 24.5 Å². The van der Waals surface area contributed by atoms with Crippen molar-refractivity contribution in [1.29, 1.82) is 0 Å². The van der Waals surface area contributed by atoms with Crippen LogP contribution >= 0.6 is 0 Å². The third-order valence-corrected chi connectivity index (χ3v) is 2.58. The van der Waals surface area contributed by atoms with Gasteiger partial charge < -0.3 is 25.4 Å². The van der Waals surface area contributed by atoms with E-state index in [1.54, 1.807) is 0 Å². The van der Waals surface area contributed by atoms with Gasteiger partial charge in [-0.15, -0.1) is 0 Å². The average Bonchev–Trinajstić information content (AvgIpc) is 2.44. The molecule has 0 amide bonds. The highest BCUT2D eigenvalue weighted by atomic mass is 16.7. The minimum absolute atomic E-state index is 0.272. The Morgan fingerprint density at radius 2 is 1.95 bits per heavy atom. The molecule has 0 radical (unpaired) electrons. The maximum atomic E-state index is 11.3. The number of aliphatic hydroxyl groups excluding tert-OH is 2. The van der Waals surface area contributed by atoms with E-state index in [0.29, 0.717) is 0 Å². The molecule has 1 unspecified atom stereocenters. The Morgan fingerprint density at radius 3 is 2.55 bits per heavy atom. The van der Waals surface area contributed by atoms with E-state index in [2.05, 4.69) is 20.1 Å². The molecule has 1 fully saturated rings. The molecule has 1 aliphatic heterocycles. The van der Waals surface area contributed by atoms with Gasteiger partial charge in [0.2, 0.25) is 6.29 Å². The lowest BCUT2D eigenvalue weighted by Crippen LogP contribution is -2.62. The number of hydrogen-bond acceptors (Lipinski definition) is 8. The van der Waals surface area contributed by atoms with E-state index in [1.165, 1.54) is 0 Å². The molecule has 0 spiro atoms. The van der Waals surface area contributed by atoms with Crippen LogP contribution in [-0.4, -0.2) is 59.9 Å². The molecule has 1 aliphatic rings. The summed E-state index contributed by atoms with van der Waals surface area (Å²) in [6, 6.07) is -1.19. The van der Waals surface area contributed by atoms with E-state index >= 15 is 0 Å². The fraction of sp³-hybridized carbons (Fsp3) is 0.875. The first-order valence-electron chi connectivity index (χ1n) is 5.49. The maximum Gasteiger partial charge on any atom is 0.314 e. The summed E-state index contributed by atoms with van der Waals surface area (Å²) >= 11 is 0. The molecule has 1 heterocycles. The van der Waals surface area contributed by atoms with Gasteiger partial charge in [-0.25, -0.2) is 0 Å². The lowest BCUT2D eigenvalue weighted by atomic mass is 9.97. The van der Waals surface area contributed by atoms with Crippen molar-refractivity contribution in [3.05, 3.63) is 20.9 Å². The molecule has 12 nitrogen and oxygen atoms in total. The summed E-state index contributed by atoms with van der Waals surface area (Å²) in [6.45, 7) is -0.839. The largest absolute Gasteiger partial charge is 0.434 e. The number of carbonyl (C=O) groups excluding carboxylic acids is 1. The van der Waals surface area contributed by atoms with Gasteiger partial charge in [-0.2, -0.15) is 0 Å². The number of nitrogens with two attached hydrogens (primary N) is 1. The lowest BCUT2D eigenvalue weighted by molar-refractivity contribution is -0.250. The second kappa shape index (κ2) is 7.50. The van der Waals surface area contributed by atoms with Gasteiger partial charge in [0.15, 0.2) is 0 Å². The van der Waals surface area contributed by atoms with Crippen LogP contribution in [0, 0.1) is 0 Å². The molecule has 5 atom stereocenters. The first kappa shape index (κ1) is 16.0. The van der Waals surface area contributed by atoms with Gasteiger partial charge in [-0.05, 0) is 11.1 Å². The summed E-state index contributed by atoms with van der Waals surface area (Å²) in [5.74, 6) is -0.908. The van der Waals surface area contributed by atoms with Crippen molar-refractivity contribution in [3.8, 4) is 0 Å². The van der Waals surface area contributed by atoms with Gasteiger partial charge in [0, 0.05) is 9.82 Å². The summed E-state index contributed by atoms with van der Waals surface area (Å²) in [7, 11) is 0. The number of aliphatic hydroxyl groups is 2. The van der Waals surface area contributed by atoms with Gasteiger partial charge in [-0.3, -0.25) is 4.79 Å². The van der Waals surface area contributed by atoms with Crippen molar-refractivity contribution in [2.75, 3.05) is 13.1 Å². The molecule has 0 aromatic heterocycles. The van der Waals surface area contributed by atoms with Crippen molar-refractivity contribution in [2.45, 2.75) is 30.6 Å². The quantitative estimate of drug-likeness (QED) is 0.248. The first-order chi connectivity index (χ1) is 9.51. The summed E-state index contributed by atoms with van der Waals surface area (Å²) in [5.41, 5.74) is 21.8. The number of esters is 1. The first-order valence-corrected chi connectivity index (χ1v) is 5.49. The van der Waals surface area contributed by atoms with Crippen molar-refractivity contribution >= 4 is 5.97 Å². The van der Waals surface area contributed by atoms with Gasteiger partial charge in [0.1, 0.15) is 18.8 Å². The zero-order valence-electron chi connectivity index (χ0n) is 10.2. The summed E-state index contributed by atoms with van der Waals surface area (Å²) in [6.07, 6.45) is -5.24. The van der Waals surface area contributed by atoms with Crippen LogP contribution in [0.25, 0.3) is 20.9 Å². The van der Waals surface area contributed by atoms with E-state index in [1.807, 2.05) is 0 Å². The Kier molecular flexibility index (Phi) is 6.00. The summed E-state index contributed by atoms with van der Waals surface area (Å²) in [5, 5.41) is 25.6. The normalized spacial score (nSPS) is 32.6. The Balaban J connectivity index is 2.71. The second-order valence-electron chi connectivity index (χ2n) is 3.89. The van der Waals surface area contributed by atoms with Crippen LogP contribution in [0.15, 0.2) is 10.2 Å². The number of nitrogens with zero attached hydrogens (tertiary/aromatic N) is 6. The third-order valence-electron chi connectivity index (χ3n) is 2.58. The molecule has 0 aromatic carbocycles. The highest BCUT2D eigenvalue weighted by molar-refractivity contribution is 5.71. The van der Waals surface area contributed by atoms with Crippen LogP contribution in [0.5, 0.6) is 0 Å². The molecule has 1 rings (SSSR count). The highest BCUT2D eigenvalue weighted by Gasteiger charge is 2.44. The van der Waals surface area contributed by atoms with Gasteiger partial charge >= 0.3 is 5.97 Å². The number of ether oxygens (including phenoxy) is 2. The molecule has 110 valence electrons. The fourth-order valence-corrected chi connectivity index (χ4v) is 1.58. The minimum atomic E-state index is -1.43. The minimum Gasteiger partial charge on any atom is -0.434 e. The van der Waals surface area contributed by atoms with E-state index in [4.69, 9.17) is 26.3 Å². The topological polar surface area (TPSA) is 200 Å². The second-order valence-corrected chi connectivity index (χ2v) is 3.89. The standard InChI is InChI=1S/C8H13N7O5/c9-5-7(18)6(17)3(1-12-14-10)19-8(5)20-4(16)2-13-15-11/h3,5-8,17-18H,1-2,9H2/t3-,5-,6-,7-,8?/m1/s1. The van der Waals surface area contributed by atoms with E-state index in [0.717, 1.165) is 0 Å². The monoisotopic (exact) mass is 287 g/mol. The zero-order valence-corrected chi connectivity index (χ0v) is 10.2. The molecular formula is C8H13N7O5. The van der Waals surface area contributed by atoms with Crippen LogP contribution < -0.4 is 5.73 Å². The third kappa shape index (κ3) is 3.96. The summed E-state index contributed by atoms with van der Waals surface area (Å²) in [4.78, 5) is 16.1.